The lowest BCUT2D eigenvalue weighted by Crippen LogP contribution is -1.99. The van der Waals surface area contributed by atoms with Gasteiger partial charge in [-0.15, -0.1) is 0 Å². The Morgan fingerprint density at radius 1 is 1.35 bits per heavy atom. The van der Waals surface area contributed by atoms with E-state index in [1.165, 1.54) is 11.6 Å². The molecule has 0 radical (unpaired) electrons. The molecule has 88 valence electrons. The molecule has 0 aliphatic heterocycles. The highest BCUT2D eigenvalue weighted by atomic mass is 16.6. The summed E-state index contributed by atoms with van der Waals surface area (Å²) in [6.45, 7) is 2.05. The van der Waals surface area contributed by atoms with Gasteiger partial charge in [0.15, 0.2) is 0 Å². The first-order valence-corrected chi connectivity index (χ1v) is 5.40. The van der Waals surface area contributed by atoms with Crippen LogP contribution < -0.4 is 5.43 Å². The van der Waals surface area contributed by atoms with Crippen LogP contribution in [0.25, 0.3) is 0 Å². The lowest BCUT2D eigenvalue weighted by atomic mass is 10.3. The van der Waals surface area contributed by atoms with Gasteiger partial charge in [-0.05, 0) is 31.9 Å². The zero-order valence-corrected chi connectivity index (χ0v) is 9.51. The smallest absolute Gasteiger partial charge is 0.271 e. The normalized spacial score (nSPS) is 17.0. The van der Waals surface area contributed by atoms with Gasteiger partial charge in [0.25, 0.3) is 5.69 Å². The van der Waals surface area contributed by atoms with Crippen molar-refractivity contribution in [1.29, 1.82) is 0 Å². The summed E-state index contributed by atoms with van der Waals surface area (Å²) in [5.74, 6) is 0. The number of nitro groups is 1. The Morgan fingerprint density at radius 3 is 2.76 bits per heavy atom. The third-order valence-corrected chi connectivity index (χ3v) is 2.61. The van der Waals surface area contributed by atoms with Crippen molar-refractivity contribution in [2.75, 3.05) is 5.43 Å². The minimum absolute atomic E-state index is 0.0375. The molecule has 5 nitrogen and oxygen atoms in total. The molecule has 0 atom stereocenters. The predicted octanol–water partition coefficient (Wildman–Crippen LogP) is 3.10. The van der Waals surface area contributed by atoms with E-state index in [1.807, 2.05) is 13.0 Å². The van der Waals surface area contributed by atoms with Gasteiger partial charge in [-0.1, -0.05) is 17.7 Å². The fourth-order valence-electron chi connectivity index (χ4n) is 1.70. The summed E-state index contributed by atoms with van der Waals surface area (Å²) in [5.41, 5.74) is 5.43. The van der Waals surface area contributed by atoms with Gasteiger partial charge in [-0.25, -0.2) is 0 Å². The highest BCUT2D eigenvalue weighted by molar-refractivity contribution is 5.98. The second-order valence-electron chi connectivity index (χ2n) is 3.98. The Balaban J connectivity index is 2.17. The number of anilines is 1. The quantitative estimate of drug-likeness (QED) is 0.642. The van der Waals surface area contributed by atoms with Crippen LogP contribution in [0.1, 0.15) is 19.8 Å². The van der Waals surface area contributed by atoms with Gasteiger partial charge in [0.2, 0.25) is 0 Å². The second-order valence-corrected chi connectivity index (χ2v) is 3.98. The van der Waals surface area contributed by atoms with E-state index in [-0.39, 0.29) is 5.69 Å². The molecule has 1 aromatic rings. The van der Waals surface area contributed by atoms with Gasteiger partial charge < -0.3 is 0 Å². The molecule has 1 aromatic carbocycles. The molecule has 5 heteroatoms. The molecule has 0 spiro atoms. The molecule has 0 amide bonds. The van der Waals surface area contributed by atoms with Crippen LogP contribution in [0, 0.1) is 10.1 Å². The summed E-state index contributed by atoms with van der Waals surface area (Å²) in [5, 5.41) is 14.9. The maximum absolute atomic E-state index is 10.8. The molecule has 0 unspecified atom stereocenters. The summed E-state index contributed by atoms with van der Waals surface area (Å²) >= 11 is 0. The Labute approximate surface area is 99.0 Å². The lowest BCUT2D eigenvalue weighted by molar-refractivity contribution is -0.384. The number of nitrogens with zero attached hydrogens (tertiary/aromatic N) is 2. The number of hydrazone groups is 1. The van der Waals surface area contributed by atoms with Gasteiger partial charge in [-0.2, -0.15) is 5.10 Å². The molecule has 0 fully saturated rings. The lowest BCUT2D eigenvalue weighted by Gasteiger charge is -2.02. The first-order chi connectivity index (χ1) is 8.16. The average molecular weight is 231 g/mol. The van der Waals surface area contributed by atoms with Crippen molar-refractivity contribution in [1.82, 2.24) is 0 Å². The van der Waals surface area contributed by atoms with E-state index in [9.17, 15) is 10.1 Å². The Kier molecular flexibility index (Phi) is 3.18. The van der Waals surface area contributed by atoms with E-state index in [0.29, 0.717) is 5.69 Å². The molecular weight excluding hydrogens is 218 g/mol. The van der Waals surface area contributed by atoms with Gasteiger partial charge in [-0.3, -0.25) is 15.5 Å². The molecular formula is C12H13N3O2. The van der Waals surface area contributed by atoms with Crippen molar-refractivity contribution in [2.24, 2.45) is 5.10 Å². The van der Waals surface area contributed by atoms with E-state index in [4.69, 9.17) is 0 Å². The van der Waals surface area contributed by atoms with Crippen molar-refractivity contribution in [3.05, 3.63) is 46.0 Å². The van der Waals surface area contributed by atoms with Crippen molar-refractivity contribution < 1.29 is 4.92 Å². The molecule has 17 heavy (non-hydrogen) atoms. The van der Waals surface area contributed by atoms with Crippen LogP contribution in [0.3, 0.4) is 0 Å². The SMILES string of the molecule is CC1=C/C(=N/Nc2ccccc2[N+](=O)[O-])CC1. The number of para-hydroxylation sites is 2. The number of hydrogen-bond acceptors (Lipinski definition) is 4. The second kappa shape index (κ2) is 4.78. The standard InChI is InChI=1S/C12H13N3O2/c1-9-6-7-10(8-9)13-14-11-4-2-3-5-12(11)15(16)17/h2-5,8,14H,6-7H2,1H3/b13-10+. The fraction of sp³-hybridized carbons (Fsp3) is 0.250. The minimum atomic E-state index is -0.418. The number of allylic oxidation sites excluding steroid dienone is 2. The molecule has 1 N–H and O–H groups in total. The van der Waals surface area contributed by atoms with Crippen molar-refractivity contribution in [2.45, 2.75) is 19.8 Å². The molecule has 2 rings (SSSR count). The van der Waals surface area contributed by atoms with E-state index < -0.39 is 4.92 Å². The highest BCUT2D eigenvalue weighted by Gasteiger charge is 2.12. The first-order valence-electron chi connectivity index (χ1n) is 5.40. The zero-order valence-electron chi connectivity index (χ0n) is 9.51. The minimum Gasteiger partial charge on any atom is -0.271 e. The third-order valence-electron chi connectivity index (χ3n) is 2.61. The maximum Gasteiger partial charge on any atom is 0.294 e. The van der Waals surface area contributed by atoms with Crippen LogP contribution in [-0.2, 0) is 0 Å². The predicted molar refractivity (Wildman–Crippen MR) is 67.1 cm³/mol. The van der Waals surface area contributed by atoms with E-state index in [0.717, 1.165) is 18.6 Å². The topological polar surface area (TPSA) is 67.5 Å². The van der Waals surface area contributed by atoms with Crippen LogP contribution in [0.5, 0.6) is 0 Å². The molecule has 1 aliphatic rings. The number of nitrogens with one attached hydrogen (secondary N) is 1. The Hall–Kier alpha value is -2.17. The summed E-state index contributed by atoms with van der Waals surface area (Å²) in [6, 6.07) is 6.48. The third kappa shape index (κ3) is 2.69. The molecule has 1 aliphatic carbocycles. The molecule has 0 saturated heterocycles. The van der Waals surface area contributed by atoms with Crippen molar-refractivity contribution in [3.8, 4) is 0 Å². The first kappa shape index (κ1) is 11.3. The van der Waals surface area contributed by atoms with Gasteiger partial charge in [0.05, 0.1) is 10.6 Å². The van der Waals surface area contributed by atoms with Crippen molar-refractivity contribution in [3.63, 3.8) is 0 Å². The molecule has 0 bridgehead atoms. The maximum atomic E-state index is 10.8. The summed E-state index contributed by atoms with van der Waals surface area (Å²) in [7, 11) is 0. The number of benzene rings is 1. The van der Waals surface area contributed by atoms with Crippen LogP contribution >= 0.6 is 0 Å². The molecule has 0 aromatic heterocycles. The number of rotatable bonds is 3. The van der Waals surface area contributed by atoms with Crippen LogP contribution in [0.2, 0.25) is 0 Å². The zero-order chi connectivity index (χ0) is 12.3. The van der Waals surface area contributed by atoms with Gasteiger partial charge >= 0.3 is 0 Å². The molecule has 0 heterocycles. The number of nitro benzene ring substituents is 1. The fourth-order valence-corrected chi connectivity index (χ4v) is 1.70. The van der Waals surface area contributed by atoms with E-state index in [1.54, 1.807) is 18.2 Å². The average Bonchev–Trinajstić information content (AvgIpc) is 2.73. The van der Waals surface area contributed by atoms with E-state index in [2.05, 4.69) is 10.5 Å². The number of hydrogen-bond donors (Lipinski definition) is 1. The monoisotopic (exact) mass is 231 g/mol. The van der Waals surface area contributed by atoms with E-state index >= 15 is 0 Å². The van der Waals surface area contributed by atoms with Crippen LogP contribution in [0.15, 0.2) is 41.0 Å². The van der Waals surface area contributed by atoms with Gasteiger partial charge in [0, 0.05) is 6.07 Å². The Bertz CT molecular complexity index is 506. The van der Waals surface area contributed by atoms with Crippen molar-refractivity contribution >= 4 is 17.1 Å². The summed E-state index contributed by atoms with van der Waals surface area (Å²) in [4.78, 5) is 10.4. The van der Waals surface area contributed by atoms with Crippen LogP contribution in [-0.4, -0.2) is 10.6 Å². The largest absolute Gasteiger partial charge is 0.294 e. The Morgan fingerprint density at radius 2 is 2.12 bits per heavy atom. The van der Waals surface area contributed by atoms with Crippen LogP contribution in [0.4, 0.5) is 11.4 Å². The summed E-state index contributed by atoms with van der Waals surface area (Å²) < 4.78 is 0. The highest BCUT2D eigenvalue weighted by Crippen LogP contribution is 2.23. The van der Waals surface area contributed by atoms with Gasteiger partial charge in [0.1, 0.15) is 5.69 Å². The summed E-state index contributed by atoms with van der Waals surface area (Å²) in [6.07, 6.45) is 3.90. The molecule has 0 saturated carbocycles.